The summed E-state index contributed by atoms with van der Waals surface area (Å²) in [4.78, 5) is 0. The first-order valence-electron chi connectivity index (χ1n) is 4.59. The van der Waals surface area contributed by atoms with Crippen molar-refractivity contribution in [1.82, 2.24) is 14.8 Å². The standard InChI is InChI=1S/C9H12N4OS/c1-13-8(7-3-2-5-14-7)11-12-9(13)15-6-4-10/h2-3,5H,4,6,10H2,1H3. The molecule has 0 aromatic carbocycles. The van der Waals surface area contributed by atoms with Gasteiger partial charge in [-0.25, -0.2) is 0 Å². The summed E-state index contributed by atoms with van der Waals surface area (Å²) in [5.74, 6) is 2.30. The van der Waals surface area contributed by atoms with E-state index in [4.69, 9.17) is 10.2 Å². The molecule has 5 nitrogen and oxygen atoms in total. The predicted molar refractivity (Wildman–Crippen MR) is 58.5 cm³/mol. The number of hydrogen-bond donors (Lipinski definition) is 1. The quantitative estimate of drug-likeness (QED) is 0.788. The van der Waals surface area contributed by atoms with E-state index in [0.717, 1.165) is 22.5 Å². The SMILES string of the molecule is Cn1c(SCCN)nnc1-c1ccco1. The number of aromatic nitrogens is 3. The molecule has 2 aromatic heterocycles. The molecule has 2 aromatic rings. The number of rotatable bonds is 4. The van der Waals surface area contributed by atoms with E-state index in [1.165, 1.54) is 0 Å². The molecule has 2 N–H and O–H groups in total. The van der Waals surface area contributed by atoms with E-state index in [9.17, 15) is 0 Å². The molecule has 80 valence electrons. The molecule has 0 unspecified atom stereocenters. The van der Waals surface area contributed by atoms with Crippen LogP contribution in [0.15, 0.2) is 28.0 Å². The van der Waals surface area contributed by atoms with Crippen molar-refractivity contribution in [2.24, 2.45) is 12.8 Å². The number of furan rings is 1. The third kappa shape index (κ3) is 2.05. The molecule has 0 spiro atoms. The lowest BCUT2D eigenvalue weighted by Gasteiger charge is -2.00. The minimum atomic E-state index is 0.633. The second kappa shape index (κ2) is 4.50. The van der Waals surface area contributed by atoms with Gasteiger partial charge < -0.3 is 14.7 Å². The lowest BCUT2D eigenvalue weighted by atomic mass is 10.4. The van der Waals surface area contributed by atoms with Gasteiger partial charge in [0.25, 0.3) is 0 Å². The Morgan fingerprint density at radius 1 is 1.53 bits per heavy atom. The molecule has 0 aliphatic carbocycles. The molecule has 0 amide bonds. The Kier molecular flexibility index (Phi) is 3.08. The summed E-state index contributed by atoms with van der Waals surface area (Å²) in [7, 11) is 1.91. The third-order valence-corrected chi connectivity index (χ3v) is 2.98. The summed E-state index contributed by atoms with van der Waals surface area (Å²) in [6.07, 6.45) is 1.62. The van der Waals surface area contributed by atoms with Crippen LogP contribution in [0.5, 0.6) is 0 Å². The van der Waals surface area contributed by atoms with Crippen LogP contribution in [0, 0.1) is 0 Å². The summed E-state index contributed by atoms with van der Waals surface area (Å²) in [6.45, 7) is 0.633. The van der Waals surface area contributed by atoms with Crippen molar-refractivity contribution in [2.75, 3.05) is 12.3 Å². The van der Waals surface area contributed by atoms with Gasteiger partial charge in [0.15, 0.2) is 16.7 Å². The minimum Gasteiger partial charge on any atom is -0.461 e. The highest BCUT2D eigenvalue weighted by Gasteiger charge is 2.12. The highest BCUT2D eigenvalue weighted by atomic mass is 32.2. The topological polar surface area (TPSA) is 69.9 Å². The number of nitrogens with two attached hydrogens (primary N) is 1. The summed E-state index contributed by atoms with van der Waals surface area (Å²) >= 11 is 1.59. The van der Waals surface area contributed by atoms with Gasteiger partial charge in [-0.15, -0.1) is 10.2 Å². The molecule has 0 aliphatic rings. The molecule has 0 aliphatic heterocycles. The second-order valence-corrected chi connectivity index (χ2v) is 4.04. The van der Waals surface area contributed by atoms with E-state index >= 15 is 0 Å². The van der Waals surface area contributed by atoms with Crippen molar-refractivity contribution in [3.8, 4) is 11.6 Å². The van der Waals surface area contributed by atoms with Crippen LogP contribution >= 0.6 is 11.8 Å². The summed E-state index contributed by atoms with van der Waals surface area (Å²) in [6, 6.07) is 3.69. The first-order valence-corrected chi connectivity index (χ1v) is 5.57. The Hall–Kier alpha value is -1.27. The van der Waals surface area contributed by atoms with Crippen LogP contribution in [0.1, 0.15) is 0 Å². The third-order valence-electron chi connectivity index (χ3n) is 1.93. The van der Waals surface area contributed by atoms with Crippen LogP contribution < -0.4 is 5.73 Å². The second-order valence-electron chi connectivity index (χ2n) is 2.98. The number of thioether (sulfide) groups is 1. The minimum absolute atomic E-state index is 0.633. The Bertz CT molecular complexity index is 423. The van der Waals surface area contributed by atoms with Crippen molar-refractivity contribution in [3.63, 3.8) is 0 Å². The van der Waals surface area contributed by atoms with Crippen molar-refractivity contribution < 1.29 is 4.42 Å². The van der Waals surface area contributed by atoms with Crippen LogP contribution in [0.4, 0.5) is 0 Å². The molecule has 0 radical (unpaired) electrons. The van der Waals surface area contributed by atoms with Gasteiger partial charge in [0, 0.05) is 19.3 Å². The van der Waals surface area contributed by atoms with E-state index in [1.807, 2.05) is 23.7 Å². The maximum absolute atomic E-state index is 5.43. The predicted octanol–water partition coefficient (Wildman–Crippen LogP) is 1.13. The first-order chi connectivity index (χ1) is 7.33. The van der Waals surface area contributed by atoms with E-state index < -0.39 is 0 Å². The van der Waals surface area contributed by atoms with E-state index in [-0.39, 0.29) is 0 Å². The van der Waals surface area contributed by atoms with Crippen molar-refractivity contribution >= 4 is 11.8 Å². The van der Waals surface area contributed by atoms with Gasteiger partial charge in [-0.05, 0) is 12.1 Å². The van der Waals surface area contributed by atoms with Gasteiger partial charge in [0.05, 0.1) is 6.26 Å². The van der Waals surface area contributed by atoms with Crippen LogP contribution in [0.3, 0.4) is 0 Å². The molecule has 0 atom stereocenters. The van der Waals surface area contributed by atoms with Crippen molar-refractivity contribution in [1.29, 1.82) is 0 Å². The van der Waals surface area contributed by atoms with Crippen molar-refractivity contribution in [2.45, 2.75) is 5.16 Å². The van der Waals surface area contributed by atoms with E-state index in [0.29, 0.717) is 6.54 Å². The molecule has 0 saturated heterocycles. The fraction of sp³-hybridized carbons (Fsp3) is 0.333. The molecular weight excluding hydrogens is 212 g/mol. The highest BCUT2D eigenvalue weighted by Crippen LogP contribution is 2.22. The number of hydrogen-bond acceptors (Lipinski definition) is 5. The van der Waals surface area contributed by atoms with Crippen LogP contribution in [-0.4, -0.2) is 27.1 Å². The maximum Gasteiger partial charge on any atom is 0.200 e. The van der Waals surface area contributed by atoms with Crippen molar-refractivity contribution in [3.05, 3.63) is 18.4 Å². The lowest BCUT2D eigenvalue weighted by molar-refractivity contribution is 0.572. The molecule has 0 fully saturated rings. The Morgan fingerprint density at radius 3 is 3.07 bits per heavy atom. The van der Waals surface area contributed by atoms with Gasteiger partial charge in [-0.3, -0.25) is 0 Å². The monoisotopic (exact) mass is 224 g/mol. The maximum atomic E-state index is 5.43. The van der Waals surface area contributed by atoms with Crippen LogP contribution in [-0.2, 0) is 7.05 Å². The zero-order chi connectivity index (χ0) is 10.7. The first kappa shape index (κ1) is 10.3. The molecule has 15 heavy (non-hydrogen) atoms. The van der Waals surface area contributed by atoms with E-state index in [2.05, 4.69) is 10.2 Å². The fourth-order valence-electron chi connectivity index (χ4n) is 1.21. The Morgan fingerprint density at radius 2 is 2.40 bits per heavy atom. The number of nitrogens with zero attached hydrogens (tertiary/aromatic N) is 3. The van der Waals surface area contributed by atoms with Gasteiger partial charge in [-0.2, -0.15) is 0 Å². The van der Waals surface area contributed by atoms with Crippen LogP contribution in [0.25, 0.3) is 11.6 Å². The van der Waals surface area contributed by atoms with Gasteiger partial charge in [0.1, 0.15) is 0 Å². The van der Waals surface area contributed by atoms with Gasteiger partial charge >= 0.3 is 0 Å². The molecule has 6 heteroatoms. The van der Waals surface area contributed by atoms with Gasteiger partial charge in [-0.1, -0.05) is 11.8 Å². The van der Waals surface area contributed by atoms with Crippen LogP contribution in [0.2, 0.25) is 0 Å². The fourth-order valence-corrected chi connectivity index (χ4v) is 1.89. The Labute approximate surface area is 91.7 Å². The zero-order valence-corrected chi connectivity index (χ0v) is 9.20. The normalized spacial score (nSPS) is 10.8. The van der Waals surface area contributed by atoms with E-state index in [1.54, 1.807) is 18.0 Å². The molecular formula is C9H12N4OS. The summed E-state index contributed by atoms with van der Waals surface area (Å²) < 4.78 is 7.16. The molecule has 2 rings (SSSR count). The highest BCUT2D eigenvalue weighted by molar-refractivity contribution is 7.99. The summed E-state index contributed by atoms with van der Waals surface area (Å²) in [5, 5.41) is 8.99. The summed E-state index contributed by atoms with van der Waals surface area (Å²) in [5.41, 5.74) is 5.43. The lowest BCUT2D eigenvalue weighted by Crippen LogP contribution is -2.02. The molecule has 0 saturated carbocycles. The average Bonchev–Trinajstić information content (AvgIpc) is 2.84. The average molecular weight is 224 g/mol. The molecule has 0 bridgehead atoms. The largest absolute Gasteiger partial charge is 0.461 e. The smallest absolute Gasteiger partial charge is 0.200 e. The van der Waals surface area contributed by atoms with Gasteiger partial charge in [0.2, 0.25) is 0 Å². The molecule has 2 heterocycles. The zero-order valence-electron chi connectivity index (χ0n) is 8.38. The Balaban J connectivity index is 2.24.